The second kappa shape index (κ2) is 6.96. The molecule has 0 bridgehead atoms. The molecule has 3 nitrogen and oxygen atoms in total. The molecule has 0 spiro atoms. The van der Waals surface area contributed by atoms with Gasteiger partial charge in [-0.05, 0) is 18.9 Å². The van der Waals surface area contributed by atoms with Crippen LogP contribution in [0.15, 0.2) is 12.1 Å². The molecule has 0 aliphatic rings. The summed E-state index contributed by atoms with van der Waals surface area (Å²) < 4.78 is 67.1. The van der Waals surface area contributed by atoms with Crippen LogP contribution in [0.2, 0.25) is 0 Å². The predicted octanol–water partition coefficient (Wildman–Crippen LogP) is 2.75. The third-order valence-electron chi connectivity index (χ3n) is 2.70. The Kier molecular flexibility index (Phi) is 5.85. The van der Waals surface area contributed by atoms with Crippen LogP contribution in [0.3, 0.4) is 0 Å². The summed E-state index contributed by atoms with van der Waals surface area (Å²) in [7, 11) is 0. The summed E-state index contributed by atoms with van der Waals surface area (Å²) in [6.07, 6.45) is -4.45. The molecule has 1 unspecified atom stereocenters. The van der Waals surface area contributed by atoms with Gasteiger partial charge in [0, 0.05) is 12.2 Å². The highest BCUT2D eigenvalue weighted by Gasteiger charge is 2.27. The van der Waals surface area contributed by atoms with Crippen LogP contribution in [0, 0.1) is 18.6 Å². The van der Waals surface area contributed by atoms with Crippen molar-refractivity contribution in [2.45, 2.75) is 25.6 Å². The van der Waals surface area contributed by atoms with E-state index in [4.69, 9.17) is 5.84 Å². The number of ether oxygens (including phenoxy) is 1. The average molecular weight is 298 g/mol. The molecule has 0 saturated carbocycles. The Morgan fingerprint density at radius 2 is 1.90 bits per heavy atom. The van der Waals surface area contributed by atoms with Crippen molar-refractivity contribution in [2.24, 2.45) is 5.84 Å². The van der Waals surface area contributed by atoms with E-state index >= 15 is 0 Å². The molecule has 1 aromatic carbocycles. The quantitative estimate of drug-likeness (QED) is 0.367. The van der Waals surface area contributed by atoms with Gasteiger partial charge in [-0.3, -0.25) is 11.3 Å². The zero-order valence-electron chi connectivity index (χ0n) is 10.7. The Labute approximate surface area is 112 Å². The lowest BCUT2D eigenvalue weighted by atomic mass is 10.0. The minimum Gasteiger partial charge on any atom is -0.372 e. The first-order valence-corrected chi connectivity index (χ1v) is 5.81. The molecular formula is C12H15F5N2O. The molecular weight excluding hydrogens is 283 g/mol. The van der Waals surface area contributed by atoms with E-state index in [1.54, 1.807) is 0 Å². The Balaban J connectivity index is 2.65. The molecule has 20 heavy (non-hydrogen) atoms. The Morgan fingerprint density at radius 1 is 1.25 bits per heavy atom. The third-order valence-corrected chi connectivity index (χ3v) is 2.70. The number of benzene rings is 1. The van der Waals surface area contributed by atoms with Crippen molar-refractivity contribution in [3.63, 3.8) is 0 Å². The van der Waals surface area contributed by atoms with E-state index in [9.17, 15) is 22.0 Å². The molecule has 0 aromatic heterocycles. The molecule has 0 saturated heterocycles. The molecule has 1 rings (SSSR count). The number of nitrogens with one attached hydrogen (secondary N) is 1. The Bertz CT molecular complexity index is 450. The summed E-state index contributed by atoms with van der Waals surface area (Å²) in [5, 5.41) is 0. The minimum absolute atomic E-state index is 0.0218. The van der Waals surface area contributed by atoms with Crippen molar-refractivity contribution in [1.29, 1.82) is 0 Å². The van der Waals surface area contributed by atoms with Gasteiger partial charge in [-0.1, -0.05) is 12.1 Å². The maximum Gasteiger partial charge on any atom is 0.411 e. The van der Waals surface area contributed by atoms with Crippen molar-refractivity contribution >= 4 is 0 Å². The molecule has 0 heterocycles. The van der Waals surface area contributed by atoms with Crippen LogP contribution in [0.5, 0.6) is 0 Å². The Hall–Kier alpha value is -1.25. The van der Waals surface area contributed by atoms with Gasteiger partial charge in [-0.15, -0.1) is 0 Å². The molecule has 1 atom stereocenters. The Morgan fingerprint density at radius 3 is 2.45 bits per heavy atom. The van der Waals surface area contributed by atoms with E-state index in [1.807, 2.05) is 0 Å². The number of alkyl halides is 3. The monoisotopic (exact) mass is 298 g/mol. The number of hydrogen-bond acceptors (Lipinski definition) is 3. The largest absolute Gasteiger partial charge is 0.411 e. The van der Waals surface area contributed by atoms with Gasteiger partial charge < -0.3 is 4.74 Å². The van der Waals surface area contributed by atoms with Gasteiger partial charge in [0.25, 0.3) is 0 Å². The molecule has 0 fully saturated rings. The van der Waals surface area contributed by atoms with Crippen molar-refractivity contribution in [2.75, 3.05) is 13.2 Å². The fourth-order valence-corrected chi connectivity index (χ4v) is 1.65. The highest BCUT2D eigenvalue weighted by molar-refractivity contribution is 5.27. The van der Waals surface area contributed by atoms with Gasteiger partial charge in [0.1, 0.15) is 6.61 Å². The SMILES string of the molecule is Cc1ccc(C(CCOCC(F)(F)F)NN)c(F)c1F. The van der Waals surface area contributed by atoms with E-state index < -0.39 is 30.5 Å². The van der Waals surface area contributed by atoms with Gasteiger partial charge in [0.05, 0.1) is 6.04 Å². The van der Waals surface area contributed by atoms with Crippen LogP contribution in [0.1, 0.15) is 23.6 Å². The van der Waals surface area contributed by atoms with Gasteiger partial charge >= 0.3 is 6.18 Å². The van der Waals surface area contributed by atoms with Crippen LogP contribution in [0.4, 0.5) is 22.0 Å². The van der Waals surface area contributed by atoms with Crippen molar-refractivity contribution < 1.29 is 26.7 Å². The van der Waals surface area contributed by atoms with Crippen LogP contribution in [-0.2, 0) is 4.74 Å². The molecule has 0 aliphatic carbocycles. The minimum atomic E-state index is -4.42. The first-order valence-electron chi connectivity index (χ1n) is 5.81. The predicted molar refractivity (Wildman–Crippen MR) is 62.7 cm³/mol. The van der Waals surface area contributed by atoms with Crippen LogP contribution >= 0.6 is 0 Å². The zero-order chi connectivity index (χ0) is 15.3. The standard InChI is InChI=1S/C12H15F5N2O/c1-7-2-3-8(11(14)10(7)13)9(19-18)4-5-20-6-12(15,16)17/h2-3,9,19H,4-6,18H2,1H3. The van der Waals surface area contributed by atoms with Crippen LogP contribution < -0.4 is 11.3 Å². The lowest BCUT2D eigenvalue weighted by molar-refractivity contribution is -0.174. The van der Waals surface area contributed by atoms with Gasteiger partial charge in [0.2, 0.25) is 0 Å². The van der Waals surface area contributed by atoms with Crippen LogP contribution in [-0.4, -0.2) is 19.4 Å². The number of aryl methyl sites for hydroxylation is 1. The number of nitrogens with two attached hydrogens (primary N) is 1. The van der Waals surface area contributed by atoms with E-state index in [0.717, 1.165) is 0 Å². The maximum absolute atomic E-state index is 13.7. The van der Waals surface area contributed by atoms with E-state index in [0.29, 0.717) is 0 Å². The summed E-state index contributed by atoms with van der Waals surface area (Å²) in [6.45, 7) is -0.280. The van der Waals surface area contributed by atoms with Gasteiger partial charge in [-0.2, -0.15) is 13.2 Å². The fourth-order valence-electron chi connectivity index (χ4n) is 1.65. The molecule has 8 heteroatoms. The van der Waals surface area contributed by atoms with E-state index in [2.05, 4.69) is 10.2 Å². The topological polar surface area (TPSA) is 47.3 Å². The summed E-state index contributed by atoms with van der Waals surface area (Å²) in [5.41, 5.74) is 2.32. The first-order chi connectivity index (χ1) is 9.26. The van der Waals surface area contributed by atoms with Gasteiger partial charge in [0.15, 0.2) is 11.6 Å². The van der Waals surface area contributed by atoms with Gasteiger partial charge in [-0.25, -0.2) is 8.78 Å². The molecule has 0 aliphatic heterocycles. The normalized spacial score (nSPS) is 13.6. The lowest BCUT2D eigenvalue weighted by Gasteiger charge is -2.18. The molecule has 0 radical (unpaired) electrons. The zero-order valence-corrected chi connectivity index (χ0v) is 10.7. The van der Waals surface area contributed by atoms with Crippen molar-refractivity contribution in [3.8, 4) is 0 Å². The summed E-state index contributed by atoms with van der Waals surface area (Å²) in [6, 6.07) is 1.87. The molecule has 3 N–H and O–H groups in total. The second-order valence-corrected chi connectivity index (χ2v) is 4.28. The number of hydrazine groups is 1. The summed E-state index contributed by atoms with van der Waals surface area (Å²) in [4.78, 5) is 0. The highest BCUT2D eigenvalue weighted by atomic mass is 19.4. The van der Waals surface area contributed by atoms with Crippen molar-refractivity contribution in [3.05, 3.63) is 34.9 Å². The number of rotatable bonds is 6. The van der Waals surface area contributed by atoms with Crippen molar-refractivity contribution in [1.82, 2.24) is 5.43 Å². The fraction of sp³-hybridized carbons (Fsp3) is 0.500. The number of halogens is 5. The molecule has 1 aromatic rings. The van der Waals surface area contributed by atoms with E-state index in [-0.39, 0.29) is 24.2 Å². The summed E-state index contributed by atoms with van der Waals surface area (Å²) in [5.74, 6) is 3.15. The molecule has 114 valence electrons. The smallest absolute Gasteiger partial charge is 0.372 e. The maximum atomic E-state index is 13.7. The second-order valence-electron chi connectivity index (χ2n) is 4.28. The first kappa shape index (κ1) is 16.8. The number of hydrogen-bond donors (Lipinski definition) is 2. The molecule has 0 amide bonds. The van der Waals surface area contributed by atoms with E-state index in [1.165, 1.54) is 19.1 Å². The van der Waals surface area contributed by atoms with Crippen LogP contribution in [0.25, 0.3) is 0 Å². The third kappa shape index (κ3) is 4.69. The highest BCUT2D eigenvalue weighted by Crippen LogP contribution is 2.24. The summed E-state index contributed by atoms with van der Waals surface area (Å²) >= 11 is 0. The lowest BCUT2D eigenvalue weighted by Crippen LogP contribution is -2.30. The average Bonchev–Trinajstić information content (AvgIpc) is 2.36.